The van der Waals surface area contributed by atoms with Gasteiger partial charge in [-0.1, -0.05) is 24.6 Å². The third-order valence-corrected chi connectivity index (χ3v) is 5.91. The average Bonchev–Trinajstić information content (AvgIpc) is 2.72. The molecule has 10 heteroatoms. The Balaban J connectivity index is 1.54. The van der Waals surface area contributed by atoms with Crippen molar-refractivity contribution in [3.63, 3.8) is 0 Å². The highest BCUT2D eigenvalue weighted by molar-refractivity contribution is 7.86. The fourth-order valence-corrected chi connectivity index (χ4v) is 4.07. The molecule has 2 aliphatic heterocycles. The molecule has 0 amide bonds. The quantitative estimate of drug-likeness (QED) is 0.436. The van der Waals surface area contributed by atoms with E-state index in [1.165, 1.54) is 12.1 Å². The molecule has 30 heavy (non-hydrogen) atoms. The van der Waals surface area contributed by atoms with E-state index in [1.54, 1.807) is 12.1 Å². The molecule has 0 bridgehead atoms. The van der Waals surface area contributed by atoms with Gasteiger partial charge in [-0.15, -0.1) is 0 Å². The van der Waals surface area contributed by atoms with Crippen LogP contribution >= 0.6 is 0 Å². The zero-order chi connectivity index (χ0) is 21.6. The summed E-state index contributed by atoms with van der Waals surface area (Å²) >= 11 is 0. The largest absolute Gasteiger partial charge is 0.463 e. The first-order valence-electron chi connectivity index (χ1n) is 9.95. The molecule has 1 aromatic rings. The van der Waals surface area contributed by atoms with Gasteiger partial charge < -0.3 is 23.7 Å². The van der Waals surface area contributed by atoms with E-state index in [1.807, 2.05) is 13.8 Å². The van der Waals surface area contributed by atoms with E-state index in [2.05, 4.69) is 0 Å². The van der Waals surface area contributed by atoms with Crippen molar-refractivity contribution in [2.45, 2.75) is 49.6 Å². The Morgan fingerprint density at radius 1 is 1.07 bits per heavy atom. The second-order valence-electron chi connectivity index (χ2n) is 7.41. The molecule has 168 valence electrons. The van der Waals surface area contributed by atoms with Crippen molar-refractivity contribution in [3.8, 4) is 0 Å². The van der Waals surface area contributed by atoms with Crippen LogP contribution < -0.4 is 0 Å². The van der Waals surface area contributed by atoms with Gasteiger partial charge in [-0.25, -0.2) is 0 Å². The van der Waals surface area contributed by atoms with Gasteiger partial charge >= 0.3 is 5.97 Å². The smallest absolute Gasteiger partial charge is 0.305 e. The molecule has 0 aliphatic carbocycles. The maximum absolute atomic E-state index is 12.4. The lowest BCUT2D eigenvalue weighted by molar-refractivity contribution is -0.374. The first-order valence-corrected chi connectivity index (χ1v) is 11.4. The fourth-order valence-electron chi connectivity index (χ4n) is 3.14. The highest BCUT2D eigenvalue weighted by atomic mass is 32.2. The minimum Gasteiger partial charge on any atom is -0.463 e. The average molecular weight is 445 g/mol. The third-order valence-electron chi connectivity index (χ3n) is 4.62. The number of esters is 1. The van der Waals surface area contributed by atoms with E-state index in [9.17, 15) is 13.2 Å². The van der Waals surface area contributed by atoms with Gasteiger partial charge in [-0.3, -0.25) is 8.98 Å². The first kappa shape index (κ1) is 23.1. The number of hydrogen-bond acceptors (Lipinski definition) is 9. The molecule has 0 saturated carbocycles. The number of carbonyl (C=O) groups excluding carboxylic acids is 1. The van der Waals surface area contributed by atoms with Crippen molar-refractivity contribution in [1.82, 2.24) is 0 Å². The molecule has 0 N–H and O–H groups in total. The Morgan fingerprint density at radius 3 is 2.27 bits per heavy atom. The monoisotopic (exact) mass is 444 g/mol. The summed E-state index contributed by atoms with van der Waals surface area (Å²) in [6.45, 7) is 4.24. The molecular weight excluding hydrogens is 416 g/mol. The lowest BCUT2D eigenvalue weighted by Crippen LogP contribution is -2.59. The number of aryl methyl sites for hydroxylation is 1. The van der Waals surface area contributed by atoms with Gasteiger partial charge in [0, 0.05) is 6.42 Å². The van der Waals surface area contributed by atoms with Crippen LogP contribution in [-0.4, -0.2) is 72.0 Å². The van der Waals surface area contributed by atoms with Gasteiger partial charge in [0.15, 0.2) is 0 Å². The summed E-state index contributed by atoms with van der Waals surface area (Å²) in [5.41, 5.74) is 0.948. The topological polar surface area (TPSA) is 107 Å². The van der Waals surface area contributed by atoms with E-state index >= 15 is 0 Å². The van der Waals surface area contributed by atoms with Gasteiger partial charge in [0.2, 0.25) is 5.79 Å². The van der Waals surface area contributed by atoms with Crippen LogP contribution in [0.15, 0.2) is 29.2 Å². The van der Waals surface area contributed by atoms with Crippen LogP contribution in [0.4, 0.5) is 0 Å². The van der Waals surface area contributed by atoms with Gasteiger partial charge in [0.25, 0.3) is 10.1 Å². The van der Waals surface area contributed by atoms with Crippen LogP contribution in [0.5, 0.6) is 0 Å². The summed E-state index contributed by atoms with van der Waals surface area (Å²) in [4.78, 5) is 11.6. The number of carbonyl (C=O) groups is 1. The molecule has 2 fully saturated rings. The van der Waals surface area contributed by atoms with Crippen molar-refractivity contribution < 1.29 is 41.1 Å². The van der Waals surface area contributed by atoms with E-state index in [0.29, 0.717) is 12.8 Å². The molecular formula is C20H28O9S. The van der Waals surface area contributed by atoms with Crippen molar-refractivity contribution >= 4 is 16.1 Å². The molecule has 2 aliphatic rings. The lowest BCUT2D eigenvalue weighted by atomic mass is 10.2. The summed E-state index contributed by atoms with van der Waals surface area (Å²) in [7, 11) is -3.92. The Labute approximate surface area is 176 Å². The Kier molecular flexibility index (Phi) is 7.83. The van der Waals surface area contributed by atoms with Crippen LogP contribution in [-0.2, 0) is 42.8 Å². The van der Waals surface area contributed by atoms with Gasteiger partial charge in [-0.2, -0.15) is 8.42 Å². The molecule has 3 atom stereocenters. The molecule has 1 aromatic carbocycles. The molecule has 2 saturated heterocycles. The SMILES string of the molecule is CCCC(=O)OC[C@@H]1COC[C@]2(COC[C@@H](COS(=O)(=O)c3ccc(C)cc3)O2)O1. The van der Waals surface area contributed by atoms with Crippen LogP contribution in [0.25, 0.3) is 0 Å². The van der Waals surface area contributed by atoms with Crippen molar-refractivity contribution in [2.24, 2.45) is 0 Å². The first-order chi connectivity index (χ1) is 14.3. The minimum absolute atomic E-state index is 0.0485. The standard InChI is InChI=1S/C20H28O9S/c1-3-4-19(21)26-11-16-9-24-13-20(28-16)14-25-10-17(29-20)12-27-30(22,23)18-7-5-15(2)6-8-18/h5-8,16-17H,3-4,9-14H2,1-2H3/t16-,17-,20-/m0/s1. The van der Waals surface area contributed by atoms with Gasteiger partial charge in [-0.05, 0) is 25.5 Å². The summed E-state index contributed by atoms with van der Waals surface area (Å²) in [5, 5.41) is 0. The van der Waals surface area contributed by atoms with E-state index in [0.717, 1.165) is 5.56 Å². The van der Waals surface area contributed by atoms with Gasteiger partial charge in [0.05, 0.1) is 24.7 Å². The van der Waals surface area contributed by atoms with E-state index in [-0.39, 0.29) is 50.5 Å². The second-order valence-corrected chi connectivity index (χ2v) is 9.02. The molecule has 0 aromatic heterocycles. The van der Waals surface area contributed by atoms with Crippen LogP contribution in [0.3, 0.4) is 0 Å². The normalized spacial score (nSPS) is 27.1. The van der Waals surface area contributed by atoms with Crippen LogP contribution in [0.2, 0.25) is 0 Å². The highest BCUT2D eigenvalue weighted by Gasteiger charge is 2.45. The molecule has 0 radical (unpaired) electrons. The van der Waals surface area contributed by atoms with E-state index in [4.69, 9.17) is 27.9 Å². The predicted molar refractivity (Wildman–Crippen MR) is 104 cm³/mol. The number of ether oxygens (including phenoxy) is 5. The second kappa shape index (κ2) is 10.2. The number of rotatable bonds is 8. The summed E-state index contributed by atoms with van der Waals surface area (Å²) in [6.07, 6.45) is -0.120. The predicted octanol–water partition coefficient (Wildman–Crippen LogP) is 1.57. The van der Waals surface area contributed by atoms with Crippen molar-refractivity contribution in [3.05, 3.63) is 29.8 Å². The molecule has 0 unspecified atom stereocenters. The van der Waals surface area contributed by atoms with Crippen molar-refractivity contribution in [1.29, 1.82) is 0 Å². The minimum atomic E-state index is -3.92. The Hall–Kier alpha value is -1.56. The zero-order valence-electron chi connectivity index (χ0n) is 17.2. The summed E-state index contributed by atoms with van der Waals surface area (Å²) < 4.78 is 58.1. The lowest BCUT2D eigenvalue weighted by Gasteiger charge is -2.44. The fraction of sp³-hybridized carbons (Fsp3) is 0.650. The molecule has 1 spiro atoms. The Morgan fingerprint density at radius 2 is 1.67 bits per heavy atom. The van der Waals surface area contributed by atoms with E-state index < -0.39 is 28.1 Å². The summed E-state index contributed by atoms with van der Waals surface area (Å²) in [5.74, 6) is -1.49. The Bertz CT molecular complexity index is 804. The molecule has 2 heterocycles. The molecule has 3 rings (SSSR count). The maximum Gasteiger partial charge on any atom is 0.305 e. The van der Waals surface area contributed by atoms with Crippen LogP contribution in [0.1, 0.15) is 25.3 Å². The molecule has 9 nitrogen and oxygen atoms in total. The summed E-state index contributed by atoms with van der Waals surface area (Å²) in [6, 6.07) is 6.39. The number of benzene rings is 1. The maximum atomic E-state index is 12.4. The zero-order valence-corrected chi connectivity index (χ0v) is 18.0. The highest BCUT2D eigenvalue weighted by Crippen LogP contribution is 2.28. The number of hydrogen-bond donors (Lipinski definition) is 0. The van der Waals surface area contributed by atoms with Crippen molar-refractivity contribution in [2.75, 3.05) is 39.6 Å². The van der Waals surface area contributed by atoms with Gasteiger partial charge in [0.1, 0.15) is 32.0 Å². The third kappa shape index (κ3) is 6.22. The van der Waals surface area contributed by atoms with Crippen LogP contribution in [0, 0.1) is 6.92 Å².